The molecule has 6 nitrogen and oxygen atoms in total. The molecule has 1 saturated heterocycles. The number of H-pyrrole nitrogens is 1. The van der Waals surface area contributed by atoms with Crippen molar-refractivity contribution in [2.75, 3.05) is 13.1 Å². The van der Waals surface area contributed by atoms with Gasteiger partial charge in [0.2, 0.25) is 0 Å². The van der Waals surface area contributed by atoms with Gasteiger partial charge in [-0.2, -0.15) is 5.10 Å². The SMILES string of the molecule is O=C(c1cc(-c2ccc(F)cc2)n[nH]1)N1CCC(S(=O)(=O)c2ccc(Cl)cc2)C1. The monoisotopic (exact) mass is 433 g/mol. The maximum atomic E-state index is 13.1. The molecule has 1 N–H and O–H groups in total. The molecule has 1 aromatic heterocycles. The third-order valence-electron chi connectivity index (χ3n) is 4.96. The first-order valence-corrected chi connectivity index (χ1v) is 10.9. The fourth-order valence-corrected chi connectivity index (χ4v) is 5.17. The highest BCUT2D eigenvalue weighted by atomic mass is 35.5. The van der Waals surface area contributed by atoms with E-state index in [4.69, 9.17) is 11.6 Å². The summed E-state index contributed by atoms with van der Waals surface area (Å²) in [5.41, 5.74) is 1.44. The quantitative estimate of drug-likeness (QED) is 0.682. The Hall–Kier alpha value is -2.71. The normalized spacial score (nSPS) is 16.9. The fourth-order valence-electron chi connectivity index (χ4n) is 3.35. The summed E-state index contributed by atoms with van der Waals surface area (Å²) in [6, 6.07) is 13.4. The summed E-state index contributed by atoms with van der Waals surface area (Å²) >= 11 is 5.83. The highest BCUT2D eigenvalue weighted by molar-refractivity contribution is 7.92. The number of aromatic nitrogens is 2. The molecule has 1 fully saturated rings. The zero-order chi connectivity index (χ0) is 20.6. The van der Waals surface area contributed by atoms with Crippen LogP contribution in [0.25, 0.3) is 11.3 Å². The number of halogens is 2. The number of carbonyl (C=O) groups is 1. The Labute approximate surface area is 172 Å². The van der Waals surface area contributed by atoms with Gasteiger partial charge < -0.3 is 4.90 Å². The van der Waals surface area contributed by atoms with Gasteiger partial charge in [0, 0.05) is 23.7 Å². The third kappa shape index (κ3) is 3.90. The molecule has 4 rings (SSSR count). The number of aromatic amines is 1. The summed E-state index contributed by atoms with van der Waals surface area (Å²) in [7, 11) is -3.56. The molecule has 1 aliphatic rings. The minimum atomic E-state index is -3.56. The van der Waals surface area contributed by atoms with E-state index >= 15 is 0 Å². The second-order valence-corrected chi connectivity index (χ2v) is 9.50. The van der Waals surface area contributed by atoms with E-state index in [0.29, 0.717) is 29.2 Å². The number of carbonyl (C=O) groups excluding carboxylic acids is 1. The van der Waals surface area contributed by atoms with Crippen molar-refractivity contribution in [1.29, 1.82) is 0 Å². The number of sulfone groups is 1. The van der Waals surface area contributed by atoms with E-state index in [1.165, 1.54) is 41.3 Å². The fraction of sp³-hybridized carbons (Fsp3) is 0.200. The van der Waals surface area contributed by atoms with Gasteiger partial charge in [-0.15, -0.1) is 0 Å². The van der Waals surface area contributed by atoms with E-state index in [1.54, 1.807) is 18.2 Å². The Morgan fingerprint density at radius 3 is 2.52 bits per heavy atom. The van der Waals surface area contributed by atoms with Gasteiger partial charge in [-0.25, -0.2) is 12.8 Å². The van der Waals surface area contributed by atoms with Crippen molar-refractivity contribution in [1.82, 2.24) is 15.1 Å². The number of hydrogen-bond donors (Lipinski definition) is 1. The van der Waals surface area contributed by atoms with Crippen LogP contribution in [0.15, 0.2) is 59.5 Å². The molecule has 2 heterocycles. The van der Waals surface area contributed by atoms with E-state index in [-0.39, 0.29) is 28.9 Å². The number of likely N-dealkylation sites (tertiary alicyclic amines) is 1. The molecular weight excluding hydrogens is 417 g/mol. The van der Waals surface area contributed by atoms with E-state index in [2.05, 4.69) is 10.2 Å². The second kappa shape index (κ2) is 7.61. The lowest BCUT2D eigenvalue weighted by Gasteiger charge is -2.16. The molecule has 1 atom stereocenters. The first kappa shape index (κ1) is 19.6. The predicted octanol–water partition coefficient (Wildman–Crippen LogP) is 3.56. The van der Waals surface area contributed by atoms with Crippen LogP contribution in [0.3, 0.4) is 0 Å². The highest BCUT2D eigenvalue weighted by Gasteiger charge is 2.36. The Balaban J connectivity index is 1.48. The van der Waals surface area contributed by atoms with Crippen LogP contribution >= 0.6 is 11.6 Å². The average Bonchev–Trinajstić information content (AvgIpc) is 3.39. The molecule has 29 heavy (non-hydrogen) atoms. The molecule has 0 aliphatic carbocycles. The van der Waals surface area contributed by atoms with Crippen LogP contribution in [-0.4, -0.2) is 47.8 Å². The largest absolute Gasteiger partial charge is 0.336 e. The Morgan fingerprint density at radius 1 is 1.14 bits per heavy atom. The van der Waals surface area contributed by atoms with E-state index < -0.39 is 15.1 Å². The van der Waals surface area contributed by atoms with Crippen LogP contribution in [0.5, 0.6) is 0 Å². The van der Waals surface area contributed by atoms with Crippen LogP contribution in [0.4, 0.5) is 4.39 Å². The molecule has 0 spiro atoms. The van der Waals surface area contributed by atoms with Crippen molar-refractivity contribution in [2.45, 2.75) is 16.6 Å². The van der Waals surface area contributed by atoms with Crippen LogP contribution in [0.2, 0.25) is 5.02 Å². The first-order valence-electron chi connectivity index (χ1n) is 8.95. The molecule has 0 bridgehead atoms. The maximum Gasteiger partial charge on any atom is 0.271 e. The van der Waals surface area contributed by atoms with Crippen LogP contribution in [0, 0.1) is 5.82 Å². The van der Waals surface area contributed by atoms with Crippen LogP contribution in [-0.2, 0) is 9.84 Å². The molecule has 150 valence electrons. The summed E-state index contributed by atoms with van der Waals surface area (Å²) < 4.78 is 38.7. The molecule has 1 amide bonds. The van der Waals surface area contributed by atoms with Gasteiger partial charge in [0.25, 0.3) is 5.91 Å². The summed E-state index contributed by atoms with van der Waals surface area (Å²) in [4.78, 5) is 14.5. The summed E-state index contributed by atoms with van der Waals surface area (Å²) in [5.74, 6) is -0.676. The van der Waals surface area contributed by atoms with E-state index in [1.807, 2.05) is 0 Å². The van der Waals surface area contributed by atoms with Gasteiger partial charge in [0.1, 0.15) is 11.5 Å². The van der Waals surface area contributed by atoms with Crippen molar-refractivity contribution in [3.8, 4) is 11.3 Å². The van der Waals surface area contributed by atoms with Crippen LogP contribution in [0.1, 0.15) is 16.9 Å². The van der Waals surface area contributed by atoms with Gasteiger partial charge in [0.15, 0.2) is 9.84 Å². The smallest absolute Gasteiger partial charge is 0.271 e. The number of nitrogens with zero attached hydrogens (tertiary/aromatic N) is 2. The van der Waals surface area contributed by atoms with Crippen molar-refractivity contribution >= 4 is 27.3 Å². The van der Waals surface area contributed by atoms with E-state index in [0.717, 1.165) is 0 Å². The van der Waals surface area contributed by atoms with Gasteiger partial charge in [-0.3, -0.25) is 9.89 Å². The minimum absolute atomic E-state index is 0.106. The standard InChI is InChI=1S/C20H17ClFN3O3S/c21-14-3-7-16(8-4-14)29(27,28)17-9-10-25(12-17)20(26)19-11-18(23-24-19)13-1-5-15(22)6-2-13/h1-8,11,17H,9-10,12H2,(H,23,24). The molecular formula is C20H17ClFN3O3S. The van der Waals surface area contributed by atoms with Gasteiger partial charge in [-0.1, -0.05) is 11.6 Å². The van der Waals surface area contributed by atoms with E-state index in [9.17, 15) is 17.6 Å². The predicted molar refractivity (Wildman–Crippen MR) is 107 cm³/mol. The lowest BCUT2D eigenvalue weighted by Crippen LogP contribution is -2.32. The lowest BCUT2D eigenvalue weighted by molar-refractivity contribution is 0.0787. The average molecular weight is 434 g/mol. The van der Waals surface area contributed by atoms with Crippen molar-refractivity contribution < 1.29 is 17.6 Å². The molecule has 3 aromatic rings. The lowest BCUT2D eigenvalue weighted by atomic mass is 10.1. The van der Waals surface area contributed by atoms with Gasteiger partial charge in [-0.05, 0) is 61.0 Å². The molecule has 0 radical (unpaired) electrons. The zero-order valence-electron chi connectivity index (χ0n) is 15.2. The molecule has 2 aromatic carbocycles. The molecule has 1 unspecified atom stereocenters. The summed E-state index contributed by atoms with van der Waals surface area (Å²) in [5, 5.41) is 6.58. The first-order chi connectivity index (χ1) is 13.8. The van der Waals surface area contributed by atoms with Crippen molar-refractivity contribution in [3.05, 3.63) is 71.1 Å². The van der Waals surface area contributed by atoms with Gasteiger partial charge in [0.05, 0.1) is 15.8 Å². The Kier molecular flexibility index (Phi) is 5.14. The second-order valence-electron chi connectivity index (χ2n) is 6.83. The minimum Gasteiger partial charge on any atom is -0.336 e. The van der Waals surface area contributed by atoms with Crippen molar-refractivity contribution in [2.24, 2.45) is 0 Å². The number of amides is 1. The number of benzene rings is 2. The number of hydrogen-bond acceptors (Lipinski definition) is 4. The summed E-state index contributed by atoms with van der Waals surface area (Å²) in [6.45, 7) is 0.440. The van der Waals surface area contributed by atoms with Crippen molar-refractivity contribution in [3.63, 3.8) is 0 Å². The Bertz CT molecular complexity index is 1140. The topological polar surface area (TPSA) is 83.1 Å². The third-order valence-corrected chi connectivity index (χ3v) is 7.41. The molecule has 9 heteroatoms. The number of rotatable bonds is 4. The zero-order valence-corrected chi connectivity index (χ0v) is 16.8. The van der Waals surface area contributed by atoms with Gasteiger partial charge >= 0.3 is 0 Å². The summed E-state index contributed by atoms with van der Waals surface area (Å²) in [6.07, 6.45) is 0.357. The molecule has 0 saturated carbocycles. The number of nitrogens with one attached hydrogen (secondary N) is 1. The molecule has 1 aliphatic heterocycles. The maximum absolute atomic E-state index is 13.1. The van der Waals surface area contributed by atoms with Crippen LogP contribution < -0.4 is 0 Å². The highest BCUT2D eigenvalue weighted by Crippen LogP contribution is 2.26. The Morgan fingerprint density at radius 2 is 1.83 bits per heavy atom.